The van der Waals surface area contributed by atoms with Gasteiger partial charge in [0.25, 0.3) is 0 Å². The molecular formula is C14H23NO4. The van der Waals surface area contributed by atoms with E-state index in [0.717, 1.165) is 0 Å². The highest BCUT2D eigenvalue weighted by atomic mass is 16.5. The Hall–Kier alpha value is -1.30. The highest BCUT2D eigenvalue weighted by Gasteiger charge is 2.29. The largest absolute Gasteiger partial charge is 0.507 e. The minimum atomic E-state index is -0.744. The van der Waals surface area contributed by atoms with Crippen molar-refractivity contribution in [3.05, 3.63) is 23.8 Å². The number of phenols is 1. The number of aromatic hydroxyl groups is 1. The van der Waals surface area contributed by atoms with Crippen molar-refractivity contribution >= 4 is 0 Å². The monoisotopic (exact) mass is 269 g/mol. The average molecular weight is 269 g/mol. The summed E-state index contributed by atoms with van der Waals surface area (Å²) in [4.78, 5) is 0. The van der Waals surface area contributed by atoms with Crippen LogP contribution in [0.1, 0.15) is 31.9 Å². The lowest BCUT2D eigenvalue weighted by molar-refractivity contribution is 0.0790. The Morgan fingerprint density at radius 2 is 1.95 bits per heavy atom. The van der Waals surface area contributed by atoms with Gasteiger partial charge >= 0.3 is 0 Å². The molecule has 5 nitrogen and oxygen atoms in total. The van der Waals surface area contributed by atoms with Crippen molar-refractivity contribution in [2.24, 2.45) is 0 Å². The van der Waals surface area contributed by atoms with Crippen LogP contribution in [0.2, 0.25) is 0 Å². The number of ether oxygens (including phenoxy) is 1. The normalized spacial score (nSPS) is 13.3. The molecule has 0 bridgehead atoms. The van der Waals surface area contributed by atoms with Crippen molar-refractivity contribution in [3.8, 4) is 11.5 Å². The molecule has 4 N–H and O–H groups in total. The third kappa shape index (κ3) is 3.59. The van der Waals surface area contributed by atoms with Gasteiger partial charge in [-0.15, -0.1) is 0 Å². The van der Waals surface area contributed by atoms with Gasteiger partial charge in [-0.05, 0) is 19.4 Å². The fourth-order valence-electron chi connectivity index (χ4n) is 2.02. The van der Waals surface area contributed by atoms with Gasteiger partial charge in [-0.2, -0.15) is 0 Å². The van der Waals surface area contributed by atoms with Gasteiger partial charge in [-0.3, -0.25) is 0 Å². The molecule has 0 aromatic heterocycles. The maximum Gasteiger partial charge on any atom is 0.124 e. The Labute approximate surface area is 113 Å². The van der Waals surface area contributed by atoms with Crippen LogP contribution in [0.15, 0.2) is 18.2 Å². The summed E-state index contributed by atoms with van der Waals surface area (Å²) in [5.74, 6) is 0.708. The Balaban J connectivity index is 2.91. The smallest absolute Gasteiger partial charge is 0.124 e. The van der Waals surface area contributed by atoms with Crippen LogP contribution in [-0.4, -0.2) is 41.2 Å². The fraction of sp³-hybridized carbons (Fsp3) is 0.571. The molecular weight excluding hydrogens is 246 g/mol. The first-order valence-corrected chi connectivity index (χ1v) is 6.38. The standard InChI is InChI=1S/C14H23NO4/c1-4-14(8-16,9-17)15-10(2)12-6-5-11(19-3)7-13(12)18/h5-7,10,15-18H,4,8-9H2,1-3H3. The maximum absolute atomic E-state index is 9.96. The van der Waals surface area contributed by atoms with Gasteiger partial charge in [0.05, 0.1) is 25.9 Å². The molecule has 0 saturated carbocycles. The van der Waals surface area contributed by atoms with E-state index < -0.39 is 5.54 Å². The van der Waals surface area contributed by atoms with Crippen molar-refractivity contribution in [1.29, 1.82) is 0 Å². The predicted molar refractivity (Wildman–Crippen MR) is 73.4 cm³/mol. The summed E-state index contributed by atoms with van der Waals surface area (Å²) >= 11 is 0. The molecule has 5 heteroatoms. The van der Waals surface area contributed by atoms with Crippen molar-refractivity contribution in [2.45, 2.75) is 31.8 Å². The Morgan fingerprint density at radius 1 is 1.32 bits per heavy atom. The Bertz CT molecular complexity index is 396. The maximum atomic E-state index is 9.96. The van der Waals surface area contributed by atoms with E-state index >= 15 is 0 Å². The second-order valence-electron chi connectivity index (χ2n) is 4.74. The molecule has 0 saturated heterocycles. The third-order valence-electron chi connectivity index (χ3n) is 3.51. The molecule has 0 aliphatic carbocycles. The van der Waals surface area contributed by atoms with E-state index in [1.165, 1.54) is 7.11 Å². The summed E-state index contributed by atoms with van der Waals surface area (Å²) < 4.78 is 5.03. The summed E-state index contributed by atoms with van der Waals surface area (Å²) in [6.07, 6.45) is 0.585. The number of aliphatic hydroxyl groups is 2. The first-order chi connectivity index (χ1) is 9.01. The van der Waals surface area contributed by atoms with Crippen molar-refractivity contribution < 1.29 is 20.1 Å². The van der Waals surface area contributed by atoms with Gasteiger partial charge in [-0.25, -0.2) is 0 Å². The number of methoxy groups -OCH3 is 1. The first-order valence-electron chi connectivity index (χ1n) is 6.38. The topological polar surface area (TPSA) is 82.0 Å². The number of aliphatic hydroxyl groups excluding tert-OH is 2. The number of rotatable bonds is 7. The van der Waals surface area contributed by atoms with Crippen LogP contribution < -0.4 is 10.1 Å². The van der Waals surface area contributed by atoms with Gasteiger partial charge in [0.15, 0.2) is 0 Å². The summed E-state index contributed by atoms with van der Waals surface area (Å²) in [5.41, 5.74) is -0.0493. The van der Waals surface area contributed by atoms with Crippen molar-refractivity contribution in [1.82, 2.24) is 5.32 Å². The third-order valence-corrected chi connectivity index (χ3v) is 3.51. The molecule has 1 aromatic carbocycles. The summed E-state index contributed by atoms with van der Waals surface area (Å²) in [6, 6.07) is 4.86. The lowest BCUT2D eigenvalue weighted by Crippen LogP contribution is -2.52. The van der Waals surface area contributed by atoms with E-state index in [9.17, 15) is 15.3 Å². The minimum absolute atomic E-state index is 0.125. The predicted octanol–water partition coefficient (Wildman–Crippen LogP) is 1.18. The molecule has 0 spiro atoms. The number of nitrogens with one attached hydrogen (secondary N) is 1. The molecule has 0 heterocycles. The highest BCUT2D eigenvalue weighted by Crippen LogP contribution is 2.29. The second kappa shape index (κ2) is 6.75. The summed E-state index contributed by atoms with van der Waals surface area (Å²) in [7, 11) is 1.54. The van der Waals surface area contributed by atoms with Crippen LogP contribution in [0.4, 0.5) is 0 Å². The number of phenolic OH excluding ortho intramolecular Hbond substituents is 1. The number of benzene rings is 1. The molecule has 0 aliphatic rings. The molecule has 1 atom stereocenters. The lowest BCUT2D eigenvalue weighted by Gasteiger charge is -2.33. The fourth-order valence-corrected chi connectivity index (χ4v) is 2.02. The summed E-state index contributed by atoms with van der Waals surface area (Å²) in [6.45, 7) is 3.43. The minimum Gasteiger partial charge on any atom is -0.507 e. The van der Waals surface area contributed by atoms with E-state index in [4.69, 9.17) is 4.74 Å². The zero-order chi connectivity index (χ0) is 14.5. The van der Waals surface area contributed by atoms with Crippen LogP contribution in [0, 0.1) is 0 Å². The van der Waals surface area contributed by atoms with Crippen LogP contribution >= 0.6 is 0 Å². The quantitative estimate of drug-likeness (QED) is 0.597. The van der Waals surface area contributed by atoms with E-state index in [1.807, 2.05) is 13.8 Å². The molecule has 1 rings (SSSR count). The Kier molecular flexibility index (Phi) is 5.60. The van der Waals surface area contributed by atoms with Gasteiger partial charge in [0.2, 0.25) is 0 Å². The average Bonchev–Trinajstić information content (AvgIpc) is 2.44. The van der Waals surface area contributed by atoms with Gasteiger partial charge in [0, 0.05) is 17.7 Å². The molecule has 108 valence electrons. The molecule has 1 aromatic rings. The lowest BCUT2D eigenvalue weighted by atomic mass is 9.95. The zero-order valence-electron chi connectivity index (χ0n) is 11.7. The number of hydrogen-bond donors (Lipinski definition) is 4. The van der Waals surface area contributed by atoms with E-state index in [-0.39, 0.29) is 25.0 Å². The summed E-state index contributed by atoms with van der Waals surface area (Å²) in [5, 5.41) is 32.0. The van der Waals surface area contributed by atoms with Crippen molar-refractivity contribution in [3.63, 3.8) is 0 Å². The van der Waals surface area contributed by atoms with Crippen LogP contribution in [-0.2, 0) is 0 Å². The number of hydrogen-bond acceptors (Lipinski definition) is 5. The molecule has 0 radical (unpaired) electrons. The molecule has 0 fully saturated rings. The van der Waals surface area contributed by atoms with Gasteiger partial charge in [-0.1, -0.05) is 13.0 Å². The zero-order valence-corrected chi connectivity index (χ0v) is 11.7. The first kappa shape index (κ1) is 15.8. The molecule has 19 heavy (non-hydrogen) atoms. The highest BCUT2D eigenvalue weighted by molar-refractivity contribution is 5.41. The molecule has 0 amide bonds. The van der Waals surface area contributed by atoms with Crippen LogP contribution in [0.5, 0.6) is 11.5 Å². The van der Waals surface area contributed by atoms with E-state index in [0.29, 0.717) is 17.7 Å². The van der Waals surface area contributed by atoms with E-state index in [2.05, 4.69) is 5.32 Å². The molecule has 0 aliphatic heterocycles. The van der Waals surface area contributed by atoms with Crippen molar-refractivity contribution in [2.75, 3.05) is 20.3 Å². The van der Waals surface area contributed by atoms with E-state index in [1.54, 1.807) is 18.2 Å². The SMILES string of the molecule is CCC(CO)(CO)NC(C)c1ccc(OC)cc1O. The van der Waals surface area contributed by atoms with Crippen LogP contribution in [0.3, 0.4) is 0 Å². The second-order valence-corrected chi connectivity index (χ2v) is 4.74. The molecule has 1 unspecified atom stereocenters. The van der Waals surface area contributed by atoms with Crippen LogP contribution in [0.25, 0.3) is 0 Å². The van der Waals surface area contributed by atoms with Gasteiger partial charge < -0.3 is 25.4 Å². The Morgan fingerprint density at radius 3 is 2.37 bits per heavy atom. The van der Waals surface area contributed by atoms with Gasteiger partial charge in [0.1, 0.15) is 11.5 Å².